The van der Waals surface area contributed by atoms with Gasteiger partial charge < -0.3 is 14.6 Å². The molecule has 2 heterocycles. The van der Waals surface area contributed by atoms with Gasteiger partial charge in [-0.25, -0.2) is 9.37 Å². The highest BCUT2D eigenvalue weighted by atomic mass is 19.1. The molecule has 1 saturated carbocycles. The Morgan fingerprint density at radius 1 is 1.19 bits per heavy atom. The number of nitrogens with zero attached hydrogens (tertiary/aromatic N) is 5. The van der Waals surface area contributed by atoms with Crippen LogP contribution in [0.25, 0.3) is 16.9 Å². The normalized spacial score (nSPS) is 19.6. The molecule has 6 nitrogen and oxygen atoms in total. The molecule has 3 aromatic rings. The summed E-state index contributed by atoms with van der Waals surface area (Å²) in [5.41, 5.74) is 1.98. The minimum absolute atomic E-state index is 0.117. The van der Waals surface area contributed by atoms with E-state index in [-0.39, 0.29) is 11.8 Å². The Hall–Kier alpha value is -2.96. The third kappa shape index (κ3) is 3.00. The van der Waals surface area contributed by atoms with Gasteiger partial charge in [0.1, 0.15) is 11.9 Å². The van der Waals surface area contributed by atoms with Crippen molar-refractivity contribution in [3.63, 3.8) is 0 Å². The van der Waals surface area contributed by atoms with Crippen molar-refractivity contribution in [3.8, 4) is 22.7 Å². The van der Waals surface area contributed by atoms with Gasteiger partial charge in [-0.1, -0.05) is 0 Å². The molecule has 1 aliphatic carbocycles. The number of phenolic OH excluding ortho intramolecular Hbond substituents is 1. The van der Waals surface area contributed by atoms with Gasteiger partial charge in [-0.2, -0.15) is 0 Å². The first kappa shape index (κ1) is 16.5. The number of aromatic nitrogens is 4. The number of alkyl halides is 1. The lowest BCUT2D eigenvalue weighted by Gasteiger charge is -2.26. The van der Waals surface area contributed by atoms with Crippen LogP contribution in [0.4, 0.5) is 10.2 Å². The molecule has 4 rings (SSSR count). The van der Waals surface area contributed by atoms with Crippen LogP contribution in [0.1, 0.15) is 19.3 Å². The fourth-order valence-corrected chi connectivity index (χ4v) is 3.47. The summed E-state index contributed by atoms with van der Waals surface area (Å²) < 4.78 is 15.8. The predicted molar refractivity (Wildman–Crippen MR) is 97.2 cm³/mol. The zero-order chi connectivity index (χ0) is 18.1. The number of benzene rings is 1. The Kier molecular flexibility index (Phi) is 4.28. The molecule has 1 fully saturated rings. The molecule has 0 spiro atoms. The van der Waals surface area contributed by atoms with Gasteiger partial charge in [0.2, 0.25) is 0 Å². The number of aromatic hydroxyl groups is 1. The standard InChI is InChI=1S/C19H20FN5O/c1-24(17-4-2-3-15(17)20)19-8-7-16(22-23-19)14-6-5-13(11-18(14)26)25-10-9-21-12-25/h5-12,15,17,26H,2-4H2,1H3/t15-,17+/m1/s1. The smallest absolute Gasteiger partial charge is 0.151 e. The van der Waals surface area contributed by atoms with E-state index >= 15 is 0 Å². The van der Waals surface area contributed by atoms with Crippen LogP contribution in [0.5, 0.6) is 5.75 Å². The zero-order valence-electron chi connectivity index (χ0n) is 14.5. The number of imidazole rings is 1. The maximum atomic E-state index is 13.9. The van der Waals surface area contributed by atoms with E-state index in [4.69, 9.17) is 0 Å². The number of hydrogen-bond donors (Lipinski definition) is 1. The molecule has 0 unspecified atom stereocenters. The van der Waals surface area contributed by atoms with Crippen molar-refractivity contribution in [2.75, 3.05) is 11.9 Å². The van der Waals surface area contributed by atoms with E-state index in [1.165, 1.54) is 0 Å². The van der Waals surface area contributed by atoms with Crippen molar-refractivity contribution in [3.05, 3.63) is 49.1 Å². The van der Waals surface area contributed by atoms with Crippen molar-refractivity contribution < 1.29 is 9.50 Å². The average molecular weight is 353 g/mol. The van der Waals surface area contributed by atoms with Gasteiger partial charge in [0, 0.05) is 31.1 Å². The first-order valence-corrected chi connectivity index (χ1v) is 8.66. The van der Waals surface area contributed by atoms with Crippen LogP contribution in [0, 0.1) is 0 Å². The average Bonchev–Trinajstić information content (AvgIpc) is 3.33. The maximum Gasteiger partial charge on any atom is 0.151 e. The van der Waals surface area contributed by atoms with Crippen molar-refractivity contribution >= 4 is 5.82 Å². The van der Waals surface area contributed by atoms with E-state index in [1.807, 2.05) is 28.6 Å². The van der Waals surface area contributed by atoms with Crippen molar-refractivity contribution in [1.29, 1.82) is 0 Å². The molecular weight excluding hydrogens is 333 g/mol. The number of phenols is 1. The molecule has 26 heavy (non-hydrogen) atoms. The monoisotopic (exact) mass is 353 g/mol. The van der Waals surface area contributed by atoms with E-state index < -0.39 is 6.17 Å². The molecular formula is C19H20FN5O. The SMILES string of the molecule is CN(c1ccc(-c2ccc(-n3ccnc3)cc2O)nn1)[C@H]1CCC[C@H]1F. The summed E-state index contributed by atoms with van der Waals surface area (Å²) in [5, 5.41) is 18.8. The molecule has 2 atom stereocenters. The Bertz CT molecular complexity index is 881. The summed E-state index contributed by atoms with van der Waals surface area (Å²) in [6.07, 6.45) is 6.67. The Labute approximate surface area is 150 Å². The molecule has 134 valence electrons. The first-order valence-electron chi connectivity index (χ1n) is 8.66. The second kappa shape index (κ2) is 6.74. The molecule has 0 amide bonds. The summed E-state index contributed by atoms with van der Waals surface area (Å²) in [5.74, 6) is 0.754. The Morgan fingerprint density at radius 3 is 2.69 bits per heavy atom. The van der Waals surface area contributed by atoms with Gasteiger partial charge in [-0.15, -0.1) is 10.2 Å². The highest BCUT2D eigenvalue weighted by molar-refractivity contribution is 5.69. The third-order valence-electron chi connectivity index (χ3n) is 4.97. The van der Waals surface area contributed by atoms with E-state index in [2.05, 4.69) is 15.2 Å². The van der Waals surface area contributed by atoms with Gasteiger partial charge >= 0.3 is 0 Å². The predicted octanol–water partition coefficient (Wildman–Crippen LogP) is 3.36. The topological polar surface area (TPSA) is 67.1 Å². The molecule has 0 aliphatic heterocycles. The second-order valence-corrected chi connectivity index (χ2v) is 6.57. The fourth-order valence-electron chi connectivity index (χ4n) is 3.47. The van der Waals surface area contributed by atoms with Gasteiger partial charge in [0.25, 0.3) is 0 Å². The van der Waals surface area contributed by atoms with E-state index in [0.29, 0.717) is 23.5 Å². The molecule has 2 aromatic heterocycles. The van der Waals surface area contributed by atoms with Crippen LogP contribution in [-0.4, -0.2) is 44.1 Å². The quantitative estimate of drug-likeness (QED) is 0.779. The van der Waals surface area contributed by atoms with E-state index in [9.17, 15) is 9.50 Å². The van der Waals surface area contributed by atoms with Crippen molar-refractivity contribution in [2.45, 2.75) is 31.5 Å². The Morgan fingerprint density at radius 2 is 2.08 bits per heavy atom. The van der Waals surface area contributed by atoms with Crippen molar-refractivity contribution in [1.82, 2.24) is 19.7 Å². The summed E-state index contributed by atoms with van der Waals surface area (Å²) in [4.78, 5) is 5.86. The highest BCUT2D eigenvalue weighted by Crippen LogP contribution is 2.31. The van der Waals surface area contributed by atoms with Gasteiger partial charge in [0.15, 0.2) is 5.82 Å². The lowest BCUT2D eigenvalue weighted by molar-refractivity contribution is 0.306. The van der Waals surface area contributed by atoms with Crippen LogP contribution in [0.2, 0.25) is 0 Å². The second-order valence-electron chi connectivity index (χ2n) is 6.57. The molecule has 1 aliphatic rings. The zero-order valence-corrected chi connectivity index (χ0v) is 14.5. The molecule has 1 aromatic carbocycles. The Balaban J connectivity index is 1.57. The molecule has 0 saturated heterocycles. The minimum Gasteiger partial charge on any atom is -0.507 e. The number of halogens is 1. The third-order valence-corrected chi connectivity index (χ3v) is 4.97. The summed E-state index contributed by atoms with van der Waals surface area (Å²) in [7, 11) is 1.85. The van der Waals surface area contributed by atoms with Crippen molar-refractivity contribution in [2.24, 2.45) is 0 Å². The number of rotatable bonds is 4. The van der Waals surface area contributed by atoms with Gasteiger partial charge in [-0.05, 0) is 43.5 Å². The van der Waals surface area contributed by atoms with Gasteiger partial charge in [0.05, 0.1) is 23.8 Å². The number of anilines is 1. The van der Waals surface area contributed by atoms with Crippen LogP contribution in [0.3, 0.4) is 0 Å². The summed E-state index contributed by atoms with van der Waals surface area (Å²) >= 11 is 0. The molecule has 0 bridgehead atoms. The molecule has 7 heteroatoms. The molecule has 0 radical (unpaired) electrons. The van der Waals surface area contributed by atoms with Crippen LogP contribution in [0.15, 0.2) is 49.1 Å². The summed E-state index contributed by atoms with van der Waals surface area (Å²) in [6.45, 7) is 0. The van der Waals surface area contributed by atoms with E-state index in [1.54, 1.807) is 36.9 Å². The van der Waals surface area contributed by atoms with Crippen LogP contribution < -0.4 is 4.90 Å². The summed E-state index contributed by atoms with van der Waals surface area (Å²) in [6, 6.07) is 8.81. The van der Waals surface area contributed by atoms with Gasteiger partial charge in [-0.3, -0.25) is 0 Å². The minimum atomic E-state index is -0.818. The highest BCUT2D eigenvalue weighted by Gasteiger charge is 2.31. The van der Waals surface area contributed by atoms with E-state index in [0.717, 1.165) is 18.5 Å². The molecule has 1 N–H and O–H groups in total. The van der Waals surface area contributed by atoms with Crippen LogP contribution in [-0.2, 0) is 0 Å². The lowest BCUT2D eigenvalue weighted by atomic mass is 10.1. The number of hydrogen-bond acceptors (Lipinski definition) is 5. The fraction of sp³-hybridized carbons (Fsp3) is 0.316. The maximum absolute atomic E-state index is 13.9. The van der Waals surface area contributed by atoms with Crippen LogP contribution >= 0.6 is 0 Å². The largest absolute Gasteiger partial charge is 0.507 e. The lowest BCUT2D eigenvalue weighted by Crippen LogP contribution is -2.36. The first-order chi connectivity index (χ1) is 12.6.